The average molecular weight is 320 g/mol. The molecule has 1 aliphatic rings. The molecular formula is C19H20N4O. The standard InChI is InChI=1S/C19H20N4O/c1-12-6-7-14-5-4-10-23(18(14)13(12)2)19(24)15-8-9-16-17(11-15)22(3)21-20-16/h6-9,11H,4-5,10H2,1-3H3. The highest BCUT2D eigenvalue weighted by Gasteiger charge is 2.26. The van der Waals surface area contributed by atoms with E-state index in [1.165, 1.54) is 16.7 Å². The van der Waals surface area contributed by atoms with Crippen LogP contribution < -0.4 is 4.90 Å². The molecule has 5 nitrogen and oxygen atoms in total. The summed E-state index contributed by atoms with van der Waals surface area (Å²) in [4.78, 5) is 15.1. The Bertz CT molecular complexity index is 957. The molecule has 0 N–H and O–H groups in total. The summed E-state index contributed by atoms with van der Waals surface area (Å²) in [6.07, 6.45) is 2.03. The molecular weight excluding hydrogens is 300 g/mol. The number of carbonyl (C=O) groups is 1. The fourth-order valence-corrected chi connectivity index (χ4v) is 3.50. The first kappa shape index (κ1) is 14.9. The van der Waals surface area contributed by atoms with Crippen molar-refractivity contribution in [2.45, 2.75) is 26.7 Å². The molecule has 4 rings (SSSR count). The molecule has 0 unspecified atom stereocenters. The van der Waals surface area contributed by atoms with Gasteiger partial charge < -0.3 is 4.90 Å². The van der Waals surface area contributed by atoms with Gasteiger partial charge in [-0.2, -0.15) is 0 Å². The number of hydrogen-bond acceptors (Lipinski definition) is 3. The molecule has 1 aliphatic heterocycles. The minimum Gasteiger partial charge on any atom is -0.308 e. The maximum absolute atomic E-state index is 13.2. The normalized spacial score (nSPS) is 14.0. The molecule has 1 amide bonds. The van der Waals surface area contributed by atoms with Crippen LogP contribution in [0.5, 0.6) is 0 Å². The third-order valence-corrected chi connectivity index (χ3v) is 4.99. The second-order valence-corrected chi connectivity index (χ2v) is 6.49. The van der Waals surface area contributed by atoms with Crippen LogP contribution in [0.1, 0.15) is 33.5 Å². The SMILES string of the molecule is Cc1ccc2c(c1C)N(C(=O)c1ccc3nnn(C)c3c1)CCC2. The zero-order chi connectivity index (χ0) is 16.8. The van der Waals surface area contributed by atoms with Gasteiger partial charge in [0.25, 0.3) is 5.91 Å². The van der Waals surface area contributed by atoms with E-state index in [-0.39, 0.29) is 5.91 Å². The number of amides is 1. The highest BCUT2D eigenvalue weighted by atomic mass is 16.2. The molecule has 0 saturated carbocycles. The first-order valence-electron chi connectivity index (χ1n) is 8.26. The fourth-order valence-electron chi connectivity index (χ4n) is 3.50. The number of hydrogen-bond donors (Lipinski definition) is 0. The molecule has 24 heavy (non-hydrogen) atoms. The van der Waals surface area contributed by atoms with E-state index in [0.29, 0.717) is 5.56 Å². The van der Waals surface area contributed by atoms with Crippen LogP contribution in [-0.4, -0.2) is 27.4 Å². The van der Waals surface area contributed by atoms with Crippen LogP contribution in [0.3, 0.4) is 0 Å². The van der Waals surface area contributed by atoms with Crippen molar-refractivity contribution in [3.8, 4) is 0 Å². The summed E-state index contributed by atoms with van der Waals surface area (Å²) >= 11 is 0. The molecule has 1 aromatic heterocycles. The third kappa shape index (κ3) is 2.19. The molecule has 3 aromatic rings. The predicted octanol–water partition coefficient (Wildman–Crippen LogP) is 3.18. The van der Waals surface area contributed by atoms with E-state index >= 15 is 0 Å². The van der Waals surface area contributed by atoms with Gasteiger partial charge in [0.1, 0.15) is 5.52 Å². The second-order valence-electron chi connectivity index (χ2n) is 6.49. The van der Waals surface area contributed by atoms with E-state index in [0.717, 1.165) is 36.1 Å². The average Bonchev–Trinajstić information content (AvgIpc) is 2.98. The van der Waals surface area contributed by atoms with Crippen LogP contribution in [0.15, 0.2) is 30.3 Å². The number of carbonyl (C=O) groups excluding carboxylic acids is 1. The van der Waals surface area contributed by atoms with Crippen molar-refractivity contribution in [2.24, 2.45) is 7.05 Å². The highest BCUT2D eigenvalue weighted by molar-refractivity contribution is 6.08. The maximum Gasteiger partial charge on any atom is 0.258 e. The van der Waals surface area contributed by atoms with Crippen LogP contribution >= 0.6 is 0 Å². The van der Waals surface area contributed by atoms with E-state index in [2.05, 4.69) is 36.3 Å². The van der Waals surface area contributed by atoms with Crippen LogP contribution in [0.25, 0.3) is 11.0 Å². The third-order valence-electron chi connectivity index (χ3n) is 4.99. The van der Waals surface area contributed by atoms with E-state index in [9.17, 15) is 4.79 Å². The lowest BCUT2D eigenvalue weighted by Gasteiger charge is -2.32. The summed E-state index contributed by atoms with van der Waals surface area (Å²) in [5, 5.41) is 8.09. The van der Waals surface area contributed by atoms with E-state index in [1.807, 2.05) is 30.1 Å². The molecule has 0 radical (unpaired) electrons. The predicted molar refractivity (Wildman–Crippen MR) is 94.4 cm³/mol. The molecule has 2 heterocycles. The smallest absolute Gasteiger partial charge is 0.258 e. The van der Waals surface area contributed by atoms with E-state index in [1.54, 1.807) is 4.68 Å². The first-order chi connectivity index (χ1) is 11.6. The number of benzene rings is 2. The lowest BCUT2D eigenvalue weighted by atomic mass is 9.94. The number of aromatic nitrogens is 3. The van der Waals surface area contributed by atoms with Crippen molar-refractivity contribution < 1.29 is 4.79 Å². The summed E-state index contributed by atoms with van der Waals surface area (Å²) in [7, 11) is 1.84. The quantitative estimate of drug-likeness (QED) is 0.692. The Morgan fingerprint density at radius 3 is 2.83 bits per heavy atom. The Hall–Kier alpha value is -2.69. The van der Waals surface area contributed by atoms with Crippen molar-refractivity contribution in [1.82, 2.24) is 15.0 Å². The van der Waals surface area contributed by atoms with E-state index < -0.39 is 0 Å². The Morgan fingerprint density at radius 1 is 1.17 bits per heavy atom. The van der Waals surface area contributed by atoms with Crippen molar-refractivity contribution in [1.29, 1.82) is 0 Å². The molecule has 0 spiro atoms. The van der Waals surface area contributed by atoms with Gasteiger partial charge in [-0.05, 0) is 61.6 Å². The van der Waals surface area contributed by atoms with Gasteiger partial charge in [-0.25, -0.2) is 4.68 Å². The lowest BCUT2D eigenvalue weighted by Crippen LogP contribution is -2.36. The van der Waals surface area contributed by atoms with Crippen LogP contribution in [0.4, 0.5) is 5.69 Å². The van der Waals surface area contributed by atoms with Crippen LogP contribution in [0.2, 0.25) is 0 Å². The molecule has 0 aliphatic carbocycles. The van der Waals surface area contributed by atoms with Gasteiger partial charge in [0.15, 0.2) is 0 Å². The molecule has 2 aromatic carbocycles. The van der Waals surface area contributed by atoms with Crippen LogP contribution in [0, 0.1) is 13.8 Å². The maximum atomic E-state index is 13.2. The number of aryl methyl sites for hydroxylation is 3. The summed E-state index contributed by atoms with van der Waals surface area (Å²) in [6, 6.07) is 9.90. The Morgan fingerprint density at radius 2 is 2.00 bits per heavy atom. The first-order valence-corrected chi connectivity index (χ1v) is 8.26. The monoisotopic (exact) mass is 320 g/mol. The highest BCUT2D eigenvalue weighted by Crippen LogP contribution is 2.33. The minimum absolute atomic E-state index is 0.0488. The number of fused-ring (bicyclic) bond motifs is 2. The second kappa shape index (κ2) is 5.44. The van der Waals surface area contributed by atoms with Crippen molar-refractivity contribution in [3.05, 3.63) is 52.6 Å². The zero-order valence-corrected chi connectivity index (χ0v) is 14.2. The summed E-state index contributed by atoms with van der Waals surface area (Å²) < 4.78 is 1.70. The summed E-state index contributed by atoms with van der Waals surface area (Å²) in [5.41, 5.74) is 7.14. The largest absolute Gasteiger partial charge is 0.308 e. The van der Waals surface area contributed by atoms with Gasteiger partial charge in [0.2, 0.25) is 0 Å². The van der Waals surface area contributed by atoms with Crippen molar-refractivity contribution in [3.63, 3.8) is 0 Å². The Kier molecular flexibility index (Phi) is 3.37. The van der Waals surface area contributed by atoms with Gasteiger partial charge in [-0.3, -0.25) is 4.79 Å². The molecule has 0 fully saturated rings. The van der Waals surface area contributed by atoms with Gasteiger partial charge in [0.05, 0.1) is 11.2 Å². The summed E-state index contributed by atoms with van der Waals surface area (Å²) in [5.74, 6) is 0.0488. The lowest BCUT2D eigenvalue weighted by molar-refractivity contribution is 0.0985. The van der Waals surface area contributed by atoms with Crippen molar-refractivity contribution >= 4 is 22.6 Å². The molecule has 122 valence electrons. The summed E-state index contributed by atoms with van der Waals surface area (Å²) in [6.45, 7) is 4.96. The number of anilines is 1. The molecule has 0 atom stereocenters. The van der Waals surface area contributed by atoms with Gasteiger partial charge >= 0.3 is 0 Å². The topological polar surface area (TPSA) is 51.0 Å². The Labute approximate surface area is 140 Å². The van der Waals surface area contributed by atoms with Gasteiger partial charge in [0, 0.05) is 19.2 Å². The molecule has 0 saturated heterocycles. The van der Waals surface area contributed by atoms with Crippen LogP contribution in [-0.2, 0) is 13.5 Å². The Balaban J connectivity index is 1.80. The zero-order valence-electron chi connectivity index (χ0n) is 14.2. The number of rotatable bonds is 1. The van der Waals surface area contributed by atoms with Gasteiger partial charge in [-0.15, -0.1) is 5.10 Å². The van der Waals surface area contributed by atoms with Gasteiger partial charge in [-0.1, -0.05) is 17.3 Å². The minimum atomic E-state index is 0.0488. The molecule has 0 bridgehead atoms. The molecule has 5 heteroatoms. The van der Waals surface area contributed by atoms with E-state index in [4.69, 9.17) is 0 Å². The fraction of sp³-hybridized carbons (Fsp3) is 0.316. The van der Waals surface area contributed by atoms with Crippen molar-refractivity contribution in [2.75, 3.05) is 11.4 Å². The number of nitrogens with zero attached hydrogens (tertiary/aromatic N) is 4.